The van der Waals surface area contributed by atoms with Crippen molar-refractivity contribution < 1.29 is 17.9 Å². The molecular formula is C16H20N4O5S. The molecular weight excluding hydrogens is 360 g/mol. The minimum Gasteiger partial charge on any atom is -0.366 e. The van der Waals surface area contributed by atoms with Crippen LogP contribution in [-0.2, 0) is 16.3 Å². The van der Waals surface area contributed by atoms with Gasteiger partial charge in [-0.25, -0.2) is 8.42 Å². The number of hydrogen-bond donors (Lipinski definition) is 0. The van der Waals surface area contributed by atoms with Crippen molar-refractivity contribution in [2.75, 3.05) is 24.2 Å². The fourth-order valence-corrected chi connectivity index (χ4v) is 4.24. The fraction of sp³-hybridized carbons (Fsp3) is 0.500. The van der Waals surface area contributed by atoms with Crippen molar-refractivity contribution in [3.63, 3.8) is 0 Å². The van der Waals surface area contributed by atoms with E-state index in [-0.39, 0.29) is 16.5 Å². The van der Waals surface area contributed by atoms with Crippen molar-refractivity contribution in [2.45, 2.75) is 31.1 Å². The maximum atomic E-state index is 12.0. The van der Waals surface area contributed by atoms with Gasteiger partial charge in [0.25, 0.3) is 0 Å². The summed E-state index contributed by atoms with van der Waals surface area (Å²) in [6.07, 6.45) is 3.40. The second-order valence-corrected chi connectivity index (χ2v) is 8.53. The molecule has 2 heterocycles. The Bertz CT molecular complexity index is 924. The molecule has 140 valence electrons. The molecule has 0 amide bonds. The van der Waals surface area contributed by atoms with E-state index in [4.69, 9.17) is 4.52 Å². The Balaban J connectivity index is 1.89. The molecule has 1 aromatic heterocycles. The molecule has 10 heteroatoms. The Morgan fingerprint density at radius 3 is 2.81 bits per heavy atom. The lowest BCUT2D eigenvalue weighted by molar-refractivity contribution is -0.387. The van der Waals surface area contributed by atoms with E-state index in [0.717, 1.165) is 19.1 Å². The Morgan fingerprint density at radius 2 is 2.19 bits per heavy atom. The van der Waals surface area contributed by atoms with Gasteiger partial charge in [-0.2, -0.15) is 4.98 Å². The van der Waals surface area contributed by atoms with Gasteiger partial charge in [0, 0.05) is 32.7 Å². The molecule has 1 fully saturated rings. The number of aromatic nitrogens is 2. The van der Waals surface area contributed by atoms with Gasteiger partial charge < -0.3 is 9.42 Å². The van der Waals surface area contributed by atoms with Crippen LogP contribution >= 0.6 is 0 Å². The van der Waals surface area contributed by atoms with Crippen molar-refractivity contribution in [2.24, 2.45) is 5.92 Å². The highest BCUT2D eigenvalue weighted by Crippen LogP contribution is 2.36. The normalized spacial score (nSPS) is 18.1. The monoisotopic (exact) mass is 380 g/mol. The maximum absolute atomic E-state index is 12.0. The summed E-state index contributed by atoms with van der Waals surface area (Å²) in [7, 11) is -3.70. The summed E-state index contributed by atoms with van der Waals surface area (Å²) < 4.78 is 28.9. The van der Waals surface area contributed by atoms with Crippen molar-refractivity contribution in [1.82, 2.24) is 10.1 Å². The summed E-state index contributed by atoms with van der Waals surface area (Å²) in [4.78, 5) is 16.8. The van der Waals surface area contributed by atoms with Crippen LogP contribution in [0.5, 0.6) is 0 Å². The number of piperidine rings is 1. The number of nitro groups is 1. The molecule has 0 aliphatic carbocycles. The molecule has 1 aromatic carbocycles. The maximum Gasteiger partial charge on any atom is 0.311 e. The lowest BCUT2D eigenvalue weighted by Crippen LogP contribution is -2.36. The van der Waals surface area contributed by atoms with Gasteiger partial charge in [0.1, 0.15) is 10.6 Å². The molecule has 1 aliphatic heterocycles. The van der Waals surface area contributed by atoms with Crippen LogP contribution in [0.3, 0.4) is 0 Å². The molecule has 26 heavy (non-hydrogen) atoms. The van der Waals surface area contributed by atoms with E-state index < -0.39 is 14.8 Å². The molecule has 1 unspecified atom stereocenters. The summed E-state index contributed by atoms with van der Waals surface area (Å²) in [5, 5.41) is 15.5. The van der Waals surface area contributed by atoms with Crippen LogP contribution in [0.4, 0.5) is 11.4 Å². The highest BCUT2D eigenvalue weighted by atomic mass is 32.2. The SMILES string of the molecule is Cc1nc(CC2CCCN(c3cccc(S(C)(=O)=O)c3[N+](=O)[O-])C2)no1. The zero-order valence-corrected chi connectivity index (χ0v) is 15.4. The highest BCUT2D eigenvalue weighted by Gasteiger charge is 2.31. The first-order chi connectivity index (χ1) is 12.3. The number of aryl methyl sites for hydroxylation is 1. The van der Waals surface area contributed by atoms with Gasteiger partial charge in [0.05, 0.1) is 4.92 Å². The van der Waals surface area contributed by atoms with Crippen molar-refractivity contribution in [3.8, 4) is 0 Å². The molecule has 2 aromatic rings. The van der Waals surface area contributed by atoms with Gasteiger partial charge in [-0.05, 0) is 30.9 Å². The molecule has 0 spiro atoms. The summed E-state index contributed by atoms with van der Waals surface area (Å²) in [5.74, 6) is 1.33. The lowest BCUT2D eigenvalue weighted by Gasteiger charge is -2.33. The fourth-order valence-electron chi connectivity index (χ4n) is 3.38. The predicted molar refractivity (Wildman–Crippen MR) is 93.9 cm³/mol. The predicted octanol–water partition coefficient (Wildman–Crippen LogP) is 2.15. The Kier molecular flexibility index (Phi) is 4.94. The molecule has 3 rings (SSSR count). The number of sulfone groups is 1. The summed E-state index contributed by atoms with van der Waals surface area (Å²) in [5.41, 5.74) is -0.0158. The quantitative estimate of drug-likeness (QED) is 0.571. The molecule has 9 nitrogen and oxygen atoms in total. The Labute approximate surface area is 151 Å². The van der Waals surface area contributed by atoms with Gasteiger partial charge in [-0.3, -0.25) is 10.1 Å². The second-order valence-electron chi connectivity index (χ2n) is 6.54. The van der Waals surface area contributed by atoms with Crippen LogP contribution in [0.2, 0.25) is 0 Å². The number of hydrogen-bond acceptors (Lipinski definition) is 8. The van der Waals surface area contributed by atoms with Crippen LogP contribution in [0.25, 0.3) is 0 Å². The Morgan fingerprint density at radius 1 is 1.42 bits per heavy atom. The molecule has 0 bridgehead atoms. The number of para-hydroxylation sites is 1. The smallest absolute Gasteiger partial charge is 0.311 e. The van der Waals surface area contributed by atoms with E-state index in [1.54, 1.807) is 19.1 Å². The van der Waals surface area contributed by atoms with E-state index in [2.05, 4.69) is 10.1 Å². The minimum atomic E-state index is -3.70. The van der Waals surface area contributed by atoms with Gasteiger partial charge in [0.15, 0.2) is 15.7 Å². The molecule has 0 radical (unpaired) electrons. The zero-order chi connectivity index (χ0) is 18.9. The number of nitro benzene ring substituents is 1. The molecule has 1 atom stereocenters. The first-order valence-electron chi connectivity index (χ1n) is 8.27. The van der Waals surface area contributed by atoms with Crippen LogP contribution in [0.1, 0.15) is 24.6 Å². The standard InChI is InChI=1S/C16H20N4O5S/c1-11-17-15(18-25-11)9-12-5-4-8-19(10-12)13-6-3-7-14(26(2,23)24)16(13)20(21)22/h3,6-7,12H,4-5,8-10H2,1-2H3. The number of nitrogens with zero attached hydrogens (tertiary/aromatic N) is 4. The zero-order valence-electron chi connectivity index (χ0n) is 14.6. The number of anilines is 1. The van der Waals surface area contributed by atoms with Crippen molar-refractivity contribution in [3.05, 3.63) is 40.0 Å². The van der Waals surface area contributed by atoms with E-state index in [9.17, 15) is 18.5 Å². The van der Waals surface area contributed by atoms with Crippen LogP contribution < -0.4 is 4.90 Å². The van der Waals surface area contributed by atoms with E-state index in [0.29, 0.717) is 36.9 Å². The molecule has 0 N–H and O–H groups in total. The lowest BCUT2D eigenvalue weighted by atomic mass is 9.94. The van der Waals surface area contributed by atoms with E-state index in [1.807, 2.05) is 4.90 Å². The topological polar surface area (TPSA) is 119 Å². The molecule has 0 saturated carbocycles. The molecule has 1 saturated heterocycles. The highest BCUT2D eigenvalue weighted by molar-refractivity contribution is 7.90. The van der Waals surface area contributed by atoms with E-state index >= 15 is 0 Å². The average molecular weight is 380 g/mol. The van der Waals surface area contributed by atoms with Gasteiger partial charge in [-0.1, -0.05) is 11.2 Å². The first kappa shape index (κ1) is 18.3. The third-order valence-corrected chi connectivity index (χ3v) is 5.59. The average Bonchev–Trinajstić information content (AvgIpc) is 2.98. The third kappa shape index (κ3) is 3.85. The van der Waals surface area contributed by atoms with Gasteiger partial charge >= 0.3 is 5.69 Å². The van der Waals surface area contributed by atoms with E-state index in [1.165, 1.54) is 6.07 Å². The Hall–Kier alpha value is -2.49. The molecule has 1 aliphatic rings. The van der Waals surface area contributed by atoms with Crippen LogP contribution in [0.15, 0.2) is 27.6 Å². The number of benzene rings is 1. The second kappa shape index (κ2) is 7.02. The van der Waals surface area contributed by atoms with Crippen LogP contribution in [-0.4, -0.2) is 42.8 Å². The summed E-state index contributed by atoms with van der Waals surface area (Å²) >= 11 is 0. The largest absolute Gasteiger partial charge is 0.366 e. The first-order valence-corrected chi connectivity index (χ1v) is 10.2. The van der Waals surface area contributed by atoms with Crippen LogP contribution in [0, 0.1) is 23.0 Å². The number of rotatable bonds is 5. The van der Waals surface area contributed by atoms with Crippen molar-refractivity contribution in [1.29, 1.82) is 0 Å². The van der Waals surface area contributed by atoms with Gasteiger partial charge in [0.2, 0.25) is 5.89 Å². The minimum absolute atomic E-state index is 0.210. The summed E-state index contributed by atoms with van der Waals surface area (Å²) in [6.45, 7) is 2.93. The van der Waals surface area contributed by atoms with Gasteiger partial charge in [-0.15, -0.1) is 0 Å². The van der Waals surface area contributed by atoms with Crippen molar-refractivity contribution >= 4 is 21.2 Å². The summed E-state index contributed by atoms with van der Waals surface area (Å²) in [6, 6.07) is 4.43. The third-order valence-electron chi connectivity index (χ3n) is 4.46.